The van der Waals surface area contributed by atoms with Crippen LogP contribution in [-0.4, -0.2) is 40.6 Å². The van der Waals surface area contributed by atoms with Crippen molar-refractivity contribution in [2.75, 3.05) is 29.5 Å². The minimum Gasteiger partial charge on any atom is -0.354 e. The van der Waals surface area contributed by atoms with Gasteiger partial charge in [-0.3, -0.25) is 4.79 Å². The van der Waals surface area contributed by atoms with Gasteiger partial charge < -0.3 is 14.6 Å². The summed E-state index contributed by atoms with van der Waals surface area (Å²) in [6.45, 7) is 2.00. The van der Waals surface area contributed by atoms with Gasteiger partial charge in [0.1, 0.15) is 11.5 Å². The summed E-state index contributed by atoms with van der Waals surface area (Å²) in [5.74, 6) is -1.82. The number of aromatic nitrogens is 3. The van der Waals surface area contributed by atoms with E-state index >= 15 is 4.39 Å². The first kappa shape index (κ1) is 22.2. The molecule has 2 N–H and O–H groups in total. The summed E-state index contributed by atoms with van der Waals surface area (Å²) in [6.07, 6.45) is 3.98. The summed E-state index contributed by atoms with van der Waals surface area (Å²) in [5.41, 5.74) is 1.50. The molecule has 166 valence electrons. The van der Waals surface area contributed by atoms with Crippen LogP contribution in [0.2, 0.25) is 0 Å². The molecular weight excluding hydrogens is 452 g/mol. The molecule has 0 radical (unpaired) electrons. The molecule has 0 fully saturated rings. The lowest BCUT2D eigenvalue weighted by Gasteiger charge is -2.10. The molecule has 0 bridgehead atoms. The van der Waals surface area contributed by atoms with Crippen molar-refractivity contribution in [1.29, 1.82) is 0 Å². The molecule has 0 aliphatic carbocycles. The van der Waals surface area contributed by atoms with Gasteiger partial charge in [-0.25, -0.2) is 18.7 Å². The summed E-state index contributed by atoms with van der Waals surface area (Å²) < 4.78 is 32.5. The Bertz CT molecular complexity index is 1280. The van der Waals surface area contributed by atoms with Crippen LogP contribution in [0.5, 0.6) is 0 Å². The number of benzene rings is 1. The number of H-pyrrole nitrogens is 1. The molecule has 32 heavy (non-hydrogen) atoms. The zero-order valence-electron chi connectivity index (χ0n) is 17.7. The highest BCUT2D eigenvalue weighted by atomic mass is 32.2. The van der Waals surface area contributed by atoms with Crippen LogP contribution in [0.4, 0.5) is 19.6 Å². The van der Waals surface area contributed by atoms with Crippen molar-refractivity contribution in [1.82, 2.24) is 15.0 Å². The molecule has 6 nitrogen and oxygen atoms in total. The minimum absolute atomic E-state index is 0.0746. The van der Waals surface area contributed by atoms with E-state index < -0.39 is 23.0 Å². The Labute approximate surface area is 192 Å². The predicted molar refractivity (Wildman–Crippen MR) is 128 cm³/mol. The van der Waals surface area contributed by atoms with Crippen LogP contribution < -0.4 is 9.62 Å². The molecule has 0 amide bonds. The van der Waals surface area contributed by atoms with E-state index in [2.05, 4.69) is 19.7 Å². The maximum Gasteiger partial charge on any atom is 0.201 e. The van der Waals surface area contributed by atoms with Crippen molar-refractivity contribution in [3.63, 3.8) is 0 Å². The zero-order valence-corrected chi connectivity index (χ0v) is 19.3. The standard InChI is InChI=1S/C22H21F2N5OS2/c1-4-7-32-28-16-6-5-15(23)18(19(16)24)20(30)14-10-26-21-13(14)8-12(9-25-21)17-11-31-22(27-17)29(2)3/h5-6,8-11,28H,4,7H2,1-3H3,(H,25,26). The number of hydrogen-bond acceptors (Lipinski definition) is 7. The Morgan fingerprint density at radius 2 is 2.12 bits per heavy atom. The number of ketones is 1. The second-order valence-electron chi connectivity index (χ2n) is 7.30. The number of fused-ring (bicyclic) bond motifs is 1. The highest BCUT2D eigenvalue weighted by molar-refractivity contribution is 8.00. The number of aromatic amines is 1. The Morgan fingerprint density at radius 1 is 1.31 bits per heavy atom. The van der Waals surface area contributed by atoms with Gasteiger partial charge in [-0.15, -0.1) is 11.3 Å². The van der Waals surface area contributed by atoms with Crippen molar-refractivity contribution < 1.29 is 13.6 Å². The SMILES string of the molecule is CCCSNc1ccc(F)c(C(=O)c2c[nH]c3ncc(-c4csc(N(C)C)n4)cc23)c1F. The van der Waals surface area contributed by atoms with Crippen LogP contribution in [-0.2, 0) is 0 Å². The number of thiazole rings is 1. The van der Waals surface area contributed by atoms with Crippen molar-refractivity contribution in [2.24, 2.45) is 0 Å². The fourth-order valence-corrected chi connectivity index (χ4v) is 4.53. The largest absolute Gasteiger partial charge is 0.354 e. The predicted octanol–water partition coefficient (Wildman–Crippen LogP) is 5.73. The summed E-state index contributed by atoms with van der Waals surface area (Å²) >= 11 is 2.79. The average Bonchev–Trinajstić information content (AvgIpc) is 3.42. The van der Waals surface area contributed by atoms with Crippen molar-refractivity contribution in [3.05, 3.63) is 58.7 Å². The summed E-state index contributed by atoms with van der Waals surface area (Å²) in [6, 6.07) is 4.15. The molecule has 0 aliphatic heterocycles. The van der Waals surface area contributed by atoms with E-state index in [1.54, 1.807) is 12.3 Å². The van der Waals surface area contributed by atoms with Gasteiger partial charge in [-0.2, -0.15) is 0 Å². The van der Waals surface area contributed by atoms with Crippen LogP contribution in [0, 0.1) is 11.6 Å². The minimum atomic E-state index is -0.910. The second kappa shape index (κ2) is 9.25. The molecule has 0 saturated heterocycles. The van der Waals surface area contributed by atoms with Crippen molar-refractivity contribution in [2.45, 2.75) is 13.3 Å². The van der Waals surface area contributed by atoms with Gasteiger partial charge in [-0.05, 0) is 24.6 Å². The smallest absolute Gasteiger partial charge is 0.201 e. The number of halogens is 2. The lowest BCUT2D eigenvalue weighted by molar-refractivity contribution is 0.103. The normalized spacial score (nSPS) is 11.2. The van der Waals surface area contributed by atoms with E-state index in [4.69, 9.17) is 0 Å². The molecule has 0 aliphatic rings. The third-order valence-corrected chi connectivity index (χ3v) is 6.74. The highest BCUT2D eigenvalue weighted by Crippen LogP contribution is 2.31. The molecule has 0 spiro atoms. The third kappa shape index (κ3) is 4.20. The number of anilines is 2. The number of nitrogens with zero attached hydrogens (tertiary/aromatic N) is 3. The van der Waals surface area contributed by atoms with E-state index in [9.17, 15) is 9.18 Å². The fraction of sp³-hybridized carbons (Fsp3) is 0.227. The number of rotatable bonds is 8. The van der Waals surface area contributed by atoms with Crippen LogP contribution in [0.15, 0.2) is 36.0 Å². The average molecular weight is 474 g/mol. The molecule has 0 atom stereocenters. The van der Waals surface area contributed by atoms with Crippen molar-refractivity contribution in [3.8, 4) is 11.3 Å². The van der Waals surface area contributed by atoms with E-state index in [-0.39, 0.29) is 11.3 Å². The fourth-order valence-electron chi connectivity index (χ4n) is 3.14. The zero-order chi connectivity index (χ0) is 22.8. The molecule has 3 heterocycles. The first-order valence-corrected chi connectivity index (χ1v) is 11.8. The Balaban J connectivity index is 1.73. The number of carbonyl (C=O) groups is 1. The van der Waals surface area contributed by atoms with Gasteiger partial charge in [0, 0.05) is 54.1 Å². The summed E-state index contributed by atoms with van der Waals surface area (Å²) in [5, 5.41) is 3.21. The number of carbonyl (C=O) groups excluding carboxylic acids is 1. The monoisotopic (exact) mass is 473 g/mol. The Hall–Kier alpha value is -2.98. The summed E-state index contributed by atoms with van der Waals surface area (Å²) in [7, 11) is 3.81. The van der Waals surface area contributed by atoms with Gasteiger partial charge in [0.05, 0.1) is 16.9 Å². The van der Waals surface area contributed by atoms with Crippen molar-refractivity contribution >= 4 is 50.9 Å². The van der Waals surface area contributed by atoms with Crippen LogP contribution in [0.1, 0.15) is 29.3 Å². The quantitative estimate of drug-likeness (QED) is 0.193. The highest BCUT2D eigenvalue weighted by Gasteiger charge is 2.25. The third-order valence-electron chi connectivity index (χ3n) is 4.75. The summed E-state index contributed by atoms with van der Waals surface area (Å²) in [4.78, 5) is 26.9. The van der Waals surface area contributed by atoms with E-state index in [1.165, 1.54) is 35.5 Å². The van der Waals surface area contributed by atoms with Gasteiger partial charge in [0.15, 0.2) is 10.9 Å². The first-order valence-electron chi connectivity index (χ1n) is 9.91. The number of hydrogen-bond donors (Lipinski definition) is 2. The molecule has 0 unspecified atom stereocenters. The molecule has 0 saturated carbocycles. The lowest BCUT2D eigenvalue weighted by atomic mass is 10.0. The molecular formula is C22H21F2N5OS2. The van der Waals surface area contributed by atoms with Crippen LogP contribution >= 0.6 is 23.3 Å². The van der Waals surface area contributed by atoms with E-state index in [0.29, 0.717) is 22.3 Å². The van der Waals surface area contributed by atoms with Crippen LogP contribution in [0.3, 0.4) is 0 Å². The molecule has 4 aromatic rings. The lowest BCUT2D eigenvalue weighted by Crippen LogP contribution is -2.09. The number of pyridine rings is 1. The topological polar surface area (TPSA) is 73.9 Å². The van der Waals surface area contributed by atoms with E-state index in [0.717, 1.165) is 23.4 Å². The van der Waals surface area contributed by atoms with Gasteiger partial charge in [0.25, 0.3) is 0 Å². The maximum atomic E-state index is 15.0. The van der Waals surface area contributed by atoms with Gasteiger partial charge in [-0.1, -0.05) is 18.9 Å². The second-order valence-corrected chi connectivity index (χ2v) is 9.03. The van der Waals surface area contributed by atoms with Gasteiger partial charge in [0.2, 0.25) is 5.78 Å². The first-order chi connectivity index (χ1) is 15.4. The maximum absolute atomic E-state index is 15.0. The molecule has 4 rings (SSSR count). The molecule has 1 aromatic carbocycles. The van der Waals surface area contributed by atoms with Gasteiger partial charge >= 0.3 is 0 Å². The Kier molecular flexibility index (Phi) is 6.43. The number of nitrogens with one attached hydrogen (secondary N) is 2. The molecule has 10 heteroatoms. The van der Waals surface area contributed by atoms with Crippen LogP contribution in [0.25, 0.3) is 22.3 Å². The Morgan fingerprint density at radius 3 is 2.84 bits per heavy atom. The van der Waals surface area contributed by atoms with E-state index in [1.807, 2.05) is 31.3 Å². The molecule has 3 aromatic heterocycles.